The Morgan fingerprint density at radius 2 is 1.08 bits per heavy atom. The monoisotopic (exact) mass is 494 g/mol. The molecule has 192 valence electrons. The van der Waals surface area contributed by atoms with Crippen molar-refractivity contribution in [3.05, 3.63) is 84.9 Å². The van der Waals surface area contributed by atoms with Crippen molar-refractivity contribution in [2.45, 2.75) is 40.5 Å². The van der Waals surface area contributed by atoms with Crippen LogP contribution in [-0.2, 0) is 0 Å². The number of aromatic nitrogens is 1. The summed E-state index contributed by atoms with van der Waals surface area (Å²) in [5.41, 5.74) is 7.26. The van der Waals surface area contributed by atoms with E-state index in [1.54, 1.807) is 0 Å². The average molecular weight is 495 g/mol. The molecule has 0 atom stereocenters. The first kappa shape index (κ1) is 26.3. The molecule has 0 aliphatic rings. The Morgan fingerprint density at radius 3 is 1.54 bits per heavy atom. The minimum absolute atomic E-state index is 0.671. The topological polar surface area (TPSA) is 34.6 Å². The third-order valence-electron chi connectivity index (χ3n) is 6.40. The highest BCUT2D eigenvalue weighted by molar-refractivity contribution is 5.80. The van der Waals surface area contributed by atoms with Crippen LogP contribution in [0.4, 0.5) is 5.69 Å². The summed E-state index contributed by atoms with van der Waals surface area (Å²) in [4.78, 5) is 7.50. The Kier molecular flexibility index (Phi) is 9.20. The number of ether oxygens (including phenoxy) is 2. The zero-order valence-electron chi connectivity index (χ0n) is 22.5. The van der Waals surface area contributed by atoms with E-state index in [1.807, 2.05) is 36.4 Å². The van der Waals surface area contributed by atoms with E-state index >= 15 is 0 Å². The Labute approximate surface area is 221 Å². The molecule has 0 aliphatic carbocycles. The molecule has 1 aromatic heterocycles. The number of pyridine rings is 1. The van der Waals surface area contributed by atoms with E-state index < -0.39 is 0 Å². The van der Waals surface area contributed by atoms with Crippen LogP contribution < -0.4 is 14.4 Å². The van der Waals surface area contributed by atoms with Crippen LogP contribution in [0, 0.1) is 0 Å². The quantitative estimate of drug-likeness (QED) is 0.198. The van der Waals surface area contributed by atoms with Crippen LogP contribution in [0.1, 0.15) is 40.5 Å². The highest BCUT2D eigenvalue weighted by Crippen LogP contribution is 2.37. The summed E-state index contributed by atoms with van der Waals surface area (Å²) in [6.07, 6.45) is 1.90. The van der Waals surface area contributed by atoms with Crippen LogP contribution in [0.5, 0.6) is 11.5 Å². The van der Waals surface area contributed by atoms with Gasteiger partial charge in [-0.05, 0) is 86.3 Å². The Balaban J connectivity index is 1.85. The lowest BCUT2D eigenvalue weighted by atomic mass is 9.99. The average Bonchev–Trinajstić information content (AvgIpc) is 2.96. The zero-order valence-corrected chi connectivity index (χ0v) is 22.5. The first-order valence-electron chi connectivity index (χ1n) is 13.5. The fourth-order valence-corrected chi connectivity index (χ4v) is 4.46. The van der Waals surface area contributed by atoms with Gasteiger partial charge in [0, 0.05) is 29.9 Å². The second kappa shape index (κ2) is 13.0. The predicted octanol–water partition coefficient (Wildman–Crippen LogP) is 8.51. The second-order valence-corrected chi connectivity index (χ2v) is 9.03. The molecule has 0 N–H and O–H groups in total. The van der Waals surface area contributed by atoms with Crippen molar-refractivity contribution in [2.75, 3.05) is 31.2 Å². The van der Waals surface area contributed by atoms with Crippen LogP contribution in [-0.4, -0.2) is 31.3 Å². The molecule has 0 saturated heterocycles. The van der Waals surface area contributed by atoms with Crippen molar-refractivity contribution in [3.8, 4) is 45.1 Å². The molecule has 4 rings (SSSR count). The summed E-state index contributed by atoms with van der Waals surface area (Å²) >= 11 is 0. The number of para-hydroxylation sites is 2. The summed E-state index contributed by atoms with van der Waals surface area (Å²) in [5, 5.41) is 0. The van der Waals surface area contributed by atoms with Crippen LogP contribution in [0.2, 0.25) is 0 Å². The molecule has 0 aliphatic heterocycles. The van der Waals surface area contributed by atoms with E-state index in [0.29, 0.717) is 13.2 Å². The molecule has 4 heteroatoms. The zero-order chi connectivity index (χ0) is 26.0. The Bertz CT molecular complexity index is 1210. The number of nitrogens with zero attached hydrogens (tertiary/aromatic N) is 2. The molecule has 0 unspecified atom stereocenters. The van der Waals surface area contributed by atoms with Crippen molar-refractivity contribution in [3.63, 3.8) is 0 Å². The molecular weight excluding hydrogens is 456 g/mol. The molecule has 4 nitrogen and oxygen atoms in total. The molecule has 37 heavy (non-hydrogen) atoms. The number of anilines is 1. The number of benzene rings is 3. The Hall–Kier alpha value is -3.79. The van der Waals surface area contributed by atoms with Gasteiger partial charge >= 0.3 is 0 Å². The summed E-state index contributed by atoms with van der Waals surface area (Å²) in [7, 11) is 0. The molecule has 0 amide bonds. The van der Waals surface area contributed by atoms with Gasteiger partial charge in [0.05, 0.1) is 24.6 Å². The normalized spacial score (nSPS) is 10.8. The van der Waals surface area contributed by atoms with Gasteiger partial charge in [0.1, 0.15) is 11.5 Å². The molecular formula is C33H38N2O2. The highest BCUT2D eigenvalue weighted by Gasteiger charge is 2.15. The highest BCUT2D eigenvalue weighted by atomic mass is 16.5. The third-order valence-corrected chi connectivity index (χ3v) is 6.40. The van der Waals surface area contributed by atoms with Crippen LogP contribution in [0.3, 0.4) is 0 Å². The van der Waals surface area contributed by atoms with E-state index in [9.17, 15) is 0 Å². The summed E-state index contributed by atoms with van der Waals surface area (Å²) in [6, 6.07) is 29.5. The van der Waals surface area contributed by atoms with Crippen molar-refractivity contribution >= 4 is 5.69 Å². The van der Waals surface area contributed by atoms with Gasteiger partial charge in [0.2, 0.25) is 0 Å². The predicted molar refractivity (Wildman–Crippen MR) is 156 cm³/mol. The van der Waals surface area contributed by atoms with Crippen LogP contribution in [0.15, 0.2) is 84.9 Å². The van der Waals surface area contributed by atoms with E-state index in [1.165, 1.54) is 5.69 Å². The maximum absolute atomic E-state index is 6.11. The summed E-state index contributed by atoms with van der Waals surface area (Å²) < 4.78 is 12.2. The fourth-order valence-electron chi connectivity index (χ4n) is 4.46. The molecule has 0 radical (unpaired) electrons. The molecule has 0 spiro atoms. The van der Waals surface area contributed by atoms with E-state index in [4.69, 9.17) is 14.5 Å². The first-order valence-corrected chi connectivity index (χ1v) is 13.5. The van der Waals surface area contributed by atoms with Gasteiger partial charge in [-0.15, -0.1) is 0 Å². The maximum Gasteiger partial charge on any atom is 0.128 e. The van der Waals surface area contributed by atoms with Crippen molar-refractivity contribution in [2.24, 2.45) is 0 Å². The van der Waals surface area contributed by atoms with E-state index in [0.717, 1.165) is 71.1 Å². The van der Waals surface area contributed by atoms with Gasteiger partial charge in [-0.2, -0.15) is 0 Å². The van der Waals surface area contributed by atoms with Crippen molar-refractivity contribution < 1.29 is 9.47 Å². The van der Waals surface area contributed by atoms with Crippen LogP contribution in [0.25, 0.3) is 33.6 Å². The van der Waals surface area contributed by atoms with Crippen molar-refractivity contribution in [1.29, 1.82) is 0 Å². The second-order valence-electron chi connectivity index (χ2n) is 9.03. The smallest absolute Gasteiger partial charge is 0.128 e. The first-order chi connectivity index (χ1) is 18.2. The molecule has 0 fully saturated rings. The summed E-state index contributed by atoms with van der Waals surface area (Å²) in [5.74, 6) is 1.71. The van der Waals surface area contributed by atoms with Gasteiger partial charge in [0.15, 0.2) is 0 Å². The van der Waals surface area contributed by atoms with Crippen molar-refractivity contribution in [1.82, 2.24) is 4.98 Å². The standard InChI is InChI=1S/C33H38N2O2/c1-5-21-36-32-15-11-9-13-28(32)30-23-26(25-17-19-27(20-18-25)35(7-3)8-4)24-31(34-30)29-14-10-12-16-33(29)37-22-6-2/h9-20,23-24H,5-8,21-22H2,1-4H3. The molecule has 0 bridgehead atoms. The largest absolute Gasteiger partial charge is 0.493 e. The molecule has 0 saturated carbocycles. The number of hydrogen-bond donors (Lipinski definition) is 0. The maximum atomic E-state index is 6.11. The molecule has 3 aromatic carbocycles. The molecule has 4 aromatic rings. The lowest BCUT2D eigenvalue weighted by Gasteiger charge is -2.21. The van der Waals surface area contributed by atoms with Gasteiger partial charge in [-0.3, -0.25) is 0 Å². The lowest BCUT2D eigenvalue weighted by molar-refractivity contribution is 0.318. The van der Waals surface area contributed by atoms with E-state index in [-0.39, 0.29) is 0 Å². The number of hydrogen-bond acceptors (Lipinski definition) is 4. The number of rotatable bonds is 12. The van der Waals surface area contributed by atoms with Crippen LogP contribution >= 0.6 is 0 Å². The van der Waals surface area contributed by atoms with E-state index in [2.05, 4.69) is 81.1 Å². The van der Waals surface area contributed by atoms with Gasteiger partial charge in [-0.1, -0.05) is 50.2 Å². The SMILES string of the molecule is CCCOc1ccccc1-c1cc(-c2ccc(N(CC)CC)cc2)cc(-c2ccccc2OCCC)n1. The van der Waals surface area contributed by atoms with Gasteiger partial charge in [0.25, 0.3) is 0 Å². The summed E-state index contributed by atoms with van der Waals surface area (Å²) in [6.45, 7) is 11.9. The minimum Gasteiger partial charge on any atom is -0.493 e. The molecule has 1 heterocycles. The lowest BCUT2D eigenvalue weighted by Crippen LogP contribution is -2.21. The minimum atomic E-state index is 0.671. The third kappa shape index (κ3) is 6.32. The Morgan fingerprint density at radius 1 is 0.595 bits per heavy atom. The fraction of sp³-hybridized carbons (Fsp3) is 0.303. The van der Waals surface area contributed by atoms with Gasteiger partial charge < -0.3 is 14.4 Å². The van der Waals surface area contributed by atoms with Gasteiger partial charge in [-0.25, -0.2) is 4.98 Å².